The Hall–Kier alpha value is -1.91. The van der Waals surface area contributed by atoms with Crippen LogP contribution in [0.4, 0.5) is 5.69 Å². The molecule has 0 saturated carbocycles. The molecule has 0 amide bonds. The van der Waals surface area contributed by atoms with E-state index in [2.05, 4.69) is 4.72 Å². The van der Waals surface area contributed by atoms with Crippen LogP contribution in [0.2, 0.25) is 0 Å². The van der Waals surface area contributed by atoms with E-state index in [9.17, 15) is 4.21 Å². The van der Waals surface area contributed by atoms with Gasteiger partial charge in [0.05, 0.1) is 0 Å². The molecule has 0 saturated heterocycles. The molecular formula is C14H13NO2S. The summed E-state index contributed by atoms with van der Waals surface area (Å²) in [5.74, 6) is 0. The van der Waals surface area contributed by atoms with Crippen LogP contribution >= 0.6 is 0 Å². The second-order valence-corrected chi connectivity index (χ2v) is 4.42. The molecule has 2 aromatic rings. The summed E-state index contributed by atoms with van der Waals surface area (Å²) in [5.41, 5.74) is 2.79. The molecule has 2 rings (SSSR count). The average molecular weight is 259 g/mol. The molecule has 0 heterocycles. The molecule has 1 atom stereocenters. The highest BCUT2D eigenvalue weighted by Gasteiger charge is 1.94. The second-order valence-electron chi connectivity index (χ2n) is 3.72. The molecule has 2 N–H and O–H groups in total. The molecule has 3 nitrogen and oxygen atoms in total. The fraction of sp³-hybridized carbons (Fsp3) is 0. The predicted octanol–water partition coefficient (Wildman–Crippen LogP) is 3.41. The van der Waals surface area contributed by atoms with Crippen molar-refractivity contribution in [2.75, 3.05) is 4.72 Å². The van der Waals surface area contributed by atoms with E-state index in [0.29, 0.717) is 5.69 Å². The summed E-state index contributed by atoms with van der Waals surface area (Å²) in [4.78, 5) is 0. The molecule has 0 aliphatic carbocycles. The van der Waals surface area contributed by atoms with Gasteiger partial charge in [0.25, 0.3) is 11.3 Å². The van der Waals surface area contributed by atoms with Gasteiger partial charge in [-0.2, -0.15) is 0 Å². The normalized spacial score (nSPS) is 12.5. The van der Waals surface area contributed by atoms with Crippen LogP contribution in [0.3, 0.4) is 0 Å². The Kier molecular flexibility index (Phi) is 4.28. The highest BCUT2D eigenvalue weighted by atomic mass is 32.2. The summed E-state index contributed by atoms with van der Waals surface area (Å²) in [6.45, 7) is 0. The third-order valence-electron chi connectivity index (χ3n) is 2.38. The second kappa shape index (κ2) is 6.14. The standard InChI is InChI=1S/C14H13NO2S/c16-18(17)15-14-10-8-13(9-11-14)7-6-12-4-2-1-3-5-12/h1-11,15H,(H,16,17). The number of nitrogens with one attached hydrogen (secondary N) is 1. The van der Waals surface area contributed by atoms with Crippen molar-refractivity contribution >= 4 is 29.1 Å². The number of hydrogen-bond acceptors (Lipinski definition) is 1. The van der Waals surface area contributed by atoms with Crippen molar-refractivity contribution in [3.05, 3.63) is 65.7 Å². The molecule has 18 heavy (non-hydrogen) atoms. The Morgan fingerprint density at radius 3 is 2.00 bits per heavy atom. The smallest absolute Gasteiger partial charge is 0.259 e. The zero-order valence-electron chi connectivity index (χ0n) is 9.61. The third kappa shape index (κ3) is 3.84. The summed E-state index contributed by atoms with van der Waals surface area (Å²) in [6.07, 6.45) is 4.02. The Labute approximate surface area is 109 Å². The molecule has 0 spiro atoms. The minimum atomic E-state index is -2.02. The minimum absolute atomic E-state index is 0.618. The largest absolute Gasteiger partial charge is 0.289 e. The quantitative estimate of drug-likeness (QED) is 0.653. The Balaban J connectivity index is 2.06. The van der Waals surface area contributed by atoms with Crippen LogP contribution in [0.25, 0.3) is 12.2 Å². The van der Waals surface area contributed by atoms with Crippen LogP contribution in [0.15, 0.2) is 54.6 Å². The van der Waals surface area contributed by atoms with Crippen LogP contribution in [0.5, 0.6) is 0 Å². The van der Waals surface area contributed by atoms with Crippen molar-refractivity contribution in [3.8, 4) is 0 Å². The number of rotatable bonds is 4. The zero-order valence-corrected chi connectivity index (χ0v) is 10.4. The van der Waals surface area contributed by atoms with Crippen molar-refractivity contribution in [2.45, 2.75) is 0 Å². The lowest BCUT2D eigenvalue weighted by Crippen LogP contribution is -2.01. The maximum Gasteiger partial charge on any atom is 0.259 e. The van der Waals surface area contributed by atoms with E-state index in [4.69, 9.17) is 4.55 Å². The maximum absolute atomic E-state index is 10.6. The first kappa shape index (κ1) is 12.5. The number of anilines is 1. The van der Waals surface area contributed by atoms with Crippen LogP contribution in [-0.4, -0.2) is 8.76 Å². The molecule has 0 aliphatic heterocycles. The summed E-state index contributed by atoms with van der Waals surface area (Å²) < 4.78 is 21.6. The molecule has 0 fully saturated rings. The van der Waals surface area contributed by atoms with E-state index in [1.165, 1.54) is 0 Å². The minimum Gasteiger partial charge on any atom is -0.289 e. The van der Waals surface area contributed by atoms with Crippen LogP contribution < -0.4 is 4.72 Å². The van der Waals surface area contributed by atoms with Gasteiger partial charge in [0.15, 0.2) is 0 Å². The fourth-order valence-corrected chi connectivity index (χ4v) is 1.86. The number of benzene rings is 2. The molecule has 92 valence electrons. The maximum atomic E-state index is 10.6. The van der Waals surface area contributed by atoms with Gasteiger partial charge in [-0.05, 0) is 23.3 Å². The van der Waals surface area contributed by atoms with Crippen molar-refractivity contribution in [3.63, 3.8) is 0 Å². The average Bonchev–Trinajstić information content (AvgIpc) is 2.38. The summed E-state index contributed by atoms with van der Waals surface area (Å²) in [7, 11) is 0. The first-order chi connectivity index (χ1) is 8.74. The molecule has 1 unspecified atom stereocenters. The Morgan fingerprint density at radius 1 is 0.889 bits per heavy atom. The lowest BCUT2D eigenvalue weighted by atomic mass is 10.1. The van der Waals surface area contributed by atoms with Gasteiger partial charge in [0, 0.05) is 5.69 Å². The topological polar surface area (TPSA) is 49.3 Å². The predicted molar refractivity (Wildman–Crippen MR) is 76.2 cm³/mol. The van der Waals surface area contributed by atoms with Gasteiger partial charge in [-0.3, -0.25) is 9.27 Å². The fourth-order valence-electron chi connectivity index (χ4n) is 1.52. The SMILES string of the molecule is O=S(O)Nc1ccc(C=Cc2ccccc2)cc1. The molecule has 0 aliphatic rings. The van der Waals surface area contributed by atoms with E-state index in [0.717, 1.165) is 11.1 Å². The van der Waals surface area contributed by atoms with Crippen molar-refractivity contribution in [2.24, 2.45) is 0 Å². The summed E-state index contributed by atoms with van der Waals surface area (Å²) >= 11 is -2.02. The van der Waals surface area contributed by atoms with Gasteiger partial charge < -0.3 is 0 Å². The van der Waals surface area contributed by atoms with E-state index in [1.807, 2.05) is 54.6 Å². The molecule has 0 aromatic heterocycles. The molecular weight excluding hydrogens is 246 g/mol. The lowest BCUT2D eigenvalue weighted by molar-refractivity contribution is 0.570. The lowest BCUT2D eigenvalue weighted by Gasteiger charge is -2.01. The van der Waals surface area contributed by atoms with Gasteiger partial charge >= 0.3 is 0 Å². The van der Waals surface area contributed by atoms with Gasteiger partial charge in [-0.25, -0.2) is 4.21 Å². The monoisotopic (exact) mass is 259 g/mol. The van der Waals surface area contributed by atoms with Gasteiger partial charge in [0.2, 0.25) is 0 Å². The summed E-state index contributed by atoms with van der Waals surface area (Å²) in [5, 5.41) is 0. The van der Waals surface area contributed by atoms with Crippen LogP contribution in [0.1, 0.15) is 11.1 Å². The summed E-state index contributed by atoms with van der Waals surface area (Å²) in [6, 6.07) is 17.3. The van der Waals surface area contributed by atoms with Gasteiger partial charge in [-0.1, -0.05) is 54.6 Å². The van der Waals surface area contributed by atoms with E-state index >= 15 is 0 Å². The molecule has 0 bridgehead atoms. The zero-order chi connectivity index (χ0) is 12.8. The van der Waals surface area contributed by atoms with E-state index < -0.39 is 11.3 Å². The van der Waals surface area contributed by atoms with E-state index in [-0.39, 0.29) is 0 Å². The van der Waals surface area contributed by atoms with Gasteiger partial charge in [-0.15, -0.1) is 0 Å². The highest BCUT2D eigenvalue weighted by molar-refractivity contribution is 7.80. The third-order valence-corrected chi connectivity index (χ3v) is 2.79. The molecule has 2 aromatic carbocycles. The first-order valence-electron chi connectivity index (χ1n) is 5.45. The van der Waals surface area contributed by atoms with Crippen LogP contribution in [-0.2, 0) is 11.3 Å². The van der Waals surface area contributed by atoms with Gasteiger partial charge in [0.1, 0.15) is 0 Å². The Bertz CT molecular complexity index is 550. The van der Waals surface area contributed by atoms with Crippen molar-refractivity contribution in [1.29, 1.82) is 0 Å². The van der Waals surface area contributed by atoms with E-state index in [1.54, 1.807) is 12.1 Å². The van der Waals surface area contributed by atoms with Crippen LogP contribution in [0, 0.1) is 0 Å². The van der Waals surface area contributed by atoms with Crippen molar-refractivity contribution in [1.82, 2.24) is 0 Å². The molecule has 4 heteroatoms. The van der Waals surface area contributed by atoms with Crippen molar-refractivity contribution < 1.29 is 8.76 Å². The highest BCUT2D eigenvalue weighted by Crippen LogP contribution is 2.12. The number of hydrogen-bond donors (Lipinski definition) is 2. The Morgan fingerprint density at radius 2 is 1.44 bits per heavy atom. The first-order valence-corrected chi connectivity index (χ1v) is 6.55. The molecule has 0 radical (unpaired) electrons.